The highest BCUT2D eigenvalue weighted by molar-refractivity contribution is 5.89. The van der Waals surface area contributed by atoms with E-state index in [1.807, 2.05) is 36.4 Å². The number of para-hydroxylation sites is 1. The minimum Gasteiger partial charge on any atom is -0.353 e. The highest BCUT2D eigenvalue weighted by Gasteiger charge is 2.23. The van der Waals surface area contributed by atoms with Gasteiger partial charge in [0.1, 0.15) is 5.82 Å². The second-order valence-electron chi connectivity index (χ2n) is 6.75. The van der Waals surface area contributed by atoms with Crippen LogP contribution in [0.4, 0.5) is 14.9 Å². The Morgan fingerprint density at radius 2 is 1.78 bits per heavy atom. The van der Waals surface area contributed by atoms with Crippen LogP contribution in [0.1, 0.15) is 24.8 Å². The number of likely N-dealkylation sites (tertiary alicyclic amines) is 1. The van der Waals surface area contributed by atoms with Gasteiger partial charge in [-0.1, -0.05) is 30.3 Å². The first kappa shape index (κ1) is 18.9. The Morgan fingerprint density at radius 3 is 2.48 bits per heavy atom. The van der Waals surface area contributed by atoms with E-state index in [2.05, 4.69) is 10.6 Å². The summed E-state index contributed by atoms with van der Waals surface area (Å²) in [5.74, 6) is -0.319. The lowest BCUT2D eigenvalue weighted by Gasteiger charge is -2.32. The largest absolute Gasteiger partial charge is 0.353 e. The van der Waals surface area contributed by atoms with Crippen LogP contribution < -0.4 is 10.6 Å². The molecule has 0 bridgehead atoms. The predicted molar refractivity (Wildman–Crippen MR) is 103 cm³/mol. The van der Waals surface area contributed by atoms with Crippen molar-refractivity contribution in [3.8, 4) is 0 Å². The molecule has 1 aliphatic rings. The first-order valence-electron chi connectivity index (χ1n) is 9.25. The fourth-order valence-electron chi connectivity index (χ4n) is 3.20. The zero-order chi connectivity index (χ0) is 19.1. The van der Waals surface area contributed by atoms with Gasteiger partial charge in [0.2, 0.25) is 5.91 Å². The summed E-state index contributed by atoms with van der Waals surface area (Å²) in [7, 11) is 0. The van der Waals surface area contributed by atoms with Crippen LogP contribution in [0.3, 0.4) is 0 Å². The lowest BCUT2D eigenvalue weighted by molar-refractivity contribution is -0.122. The number of urea groups is 1. The van der Waals surface area contributed by atoms with Crippen LogP contribution in [0.5, 0.6) is 0 Å². The summed E-state index contributed by atoms with van der Waals surface area (Å²) in [5, 5.41) is 5.90. The van der Waals surface area contributed by atoms with Crippen molar-refractivity contribution in [3.63, 3.8) is 0 Å². The average molecular weight is 369 g/mol. The molecule has 0 spiro atoms. The minimum absolute atomic E-state index is 0.0357. The first-order chi connectivity index (χ1) is 13.1. The van der Waals surface area contributed by atoms with Crippen molar-refractivity contribution in [2.24, 2.45) is 0 Å². The fourth-order valence-corrected chi connectivity index (χ4v) is 3.20. The molecule has 3 amide bonds. The van der Waals surface area contributed by atoms with Gasteiger partial charge in [-0.15, -0.1) is 0 Å². The number of benzene rings is 2. The summed E-state index contributed by atoms with van der Waals surface area (Å²) in [4.78, 5) is 26.2. The van der Waals surface area contributed by atoms with Gasteiger partial charge in [-0.2, -0.15) is 0 Å². The Hall–Kier alpha value is -2.89. The molecule has 6 heteroatoms. The average Bonchev–Trinajstić information content (AvgIpc) is 2.68. The quantitative estimate of drug-likeness (QED) is 0.846. The van der Waals surface area contributed by atoms with Crippen LogP contribution in [0.15, 0.2) is 54.6 Å². The van der Waals surface area contributed by atoms with Crippen molar-refractivity contribution in [1.82, 2.24) is 10.2 Å². The number of aryl methyl sites for hydroxylation is 1. The number of nitrogens with zero attached hydrogens (tertiary/aromatic N) is 1. The van der Waals surface area contributed by atoms with Crippen LogP contribution in [0.2, 0.25) is 0 Å². The standard InChI is InChI=1S/C21H24FN3O2/c22-17-6-4-5-16(15-17)9-10-20(26)23-19-11-13-25(14-12-19)21(27)24-18-7-2-1-3-8-18/h1-8,15,19H,9-14H2,(H,23,26)(H,24,27). The highest BCUT2D eigenvalue weighted by atomic mass is 19.1. The normalized spacial score (nSPS) is 14.6. The molecular weight excluding hydrogens is 345 g/mol. The number of nitrogens with one attached hydrogen (secondary N) is 2. The number of hydrogen-bond donors (Lipinski definition) is 2. The second kappa shape index (κ2) is 9.16. The van der Waals surface area contributed by atoms with E-state index in [1.54, 1.807) is 11.0 Å². The molecular formula is C21H24FN3O2. The second-order valence-corrected chi connectivity index (χ2v) is 6.75. The number of anilines is 1. The Kier molecular flexibility index (Phi) is 6.41. The molecule has 2 aromatic carbocycles. The van der Waals surface area contributed by atoms with Crippen LogP contribution in [-0.4, -0.2) is 36.0 Å². The zero-order valence-corrected chi connectivity index (χ0v) is 15.2. The summed E-state index contributed by atoms with van der Waals surface area (Å²) in [5.41, 5.74) is 1.59. The molecule has 3 rings (SSSR count). The van der Waals surface area contributed by atoms with Crippen molar-refractivity contribution in [2.45, 2.75) is 31.7 Å². The number of carbonyl (C=O) groups excluding carboxylic acids is 2. The Bertz CT molecular complexity index is 774. The van der Waals surface area contributed by atoms with Crippen molar-refractivity contribution in [2.75, 3.05) is 18.4 Å². The van der Waals surface area contributed by atoms with Gasteiger partial charge < -0.3 is 15.5 Å². The number of carbonyl (C=O) groups is 2. The molecule has 0 atom stereocenters. The third-order valence-electron chi connectivity index (χ3n) is 4.70. The van der Waals surface area contributed by atoms with Gasteiger partial charge in [0.05, 0.1) is 0 Å². The number of amides is 3. The summed E-state index contributed by atoms with van der Waals surface area (Å²) >= 11 is 0. The lowest BCUT2D eigenvalue weighted by Crippen LogP contribution is -2.47. The lowest BCUT2D eigenvalue weighted by atomic mass is 10.0. The summed E-state index contributed by atoms with van der Waals surface area (Å²) in [6.07, 6.45) is 2.31. The van der Waals surface area contributed by atoms with Crippen molar-refractivity contribution in [3.05, 3.63) is 66.0 Å². The number of rotatable bonds is 5. The van der Waals surface area contributed by atoms with Gasteiger partial charge in [-0.25, -0.2) is 9.18 Å². The van der Waals surface area contributed by atoms with Gasteiger partial charge in [-0.3, -0.25) is 4.79 Å². The summed E-state index contributed by atoms with van der Waals surface area (Å²) in [6.45, 7) is 1.21. The Labute approximate surface area is 158 Å². The maximum Gasteiger partial charge on any atom is 0.321 e. The van der Waals surface area contributed by atoms with Crippen LogP contribution in [0.25, 0.3) is 0 Å². The van der Waals surface area contributed by atoms with Crippen molar-refractivity contribution < 1.29 is 14.0 Å². The SMILES string of the molecule is O=C(CCc1cccc(F)c1)NC1CCN(C(=O)Nc2ccccc2)CC1. The molecule has 27 heavy (non-hydrogen) atoms. The smallest absolute Gasteiger partial charge is 0.321 e. The van der Waals surface area contributed by atoms with E-state index >= 15 is 0 Å². The van der Waals surface area contributed by atoms with Crippen LogP contribution in [0, 0.1) is 5.82 Å². The molecule has 1 aliphatic heterocycles. The topological polar surface area (TPSA) is 61.4 Å². The van der Waals surface area contributed by atoms with Crippen LogP contribution in [-0.2, 0) is 11.2 Å². The van der Waals surface area contributed by atoms with Gasteiger partial charge >= 0.3 is 6.03 Å². The number of halogens is 1. The van der Waals surface area contributed by atoms with E-state index in [4.69, 9.17) is 0 Å². The zero-order valence-electron chi connectivity index (χ0n) is 15.2. The third kappa shape index (κ3) is 5.81. The third-order valence-corrected chi connectivity index (χ3v) is 4.70. The molecule has 0 saturated carbocycles. The molecule has 1 saturated heterocycles. The monoisotopic (exact) mass is 369 g/mol. The maximum absolute atomic E-state index is 13.2. The fraction of sp³-hybridized carbons (Fsp3) is 0.333. The molecule has 0 aliphatic carbocycles. The van der Waals surface area contributed by atoms with Crippen molar-refractivity contribution in [1.29, 1.82) is 0 Å². The highest BCUT2D eigenvalue weighted by Crippen LogP contribution is 2.14. The molecule has 1 heterocycles. The van der Waals surface area contributed by atoms with Gasteiger partial charge in [0.15, 0.2) is 0 Å². The van der Waals surface area contributed by atoms with E-state index in [0.29, 0.717) is 25.9 Å². The van der Waals surface area contributed by atoms with E-state index in [9.17, 15) is 14.0 Å². The molecule has 2 aromatic rings. The molecule has 0 aromatic heterocycles. The van der Waals surface area contributed by atoms with Crippen LogP contribution >= 0.6 is 0 Å². The summed E-state index contributed by atoms with van der Waals surface area (Å²) in [6, 6.07) is 15.6. The van der Waals surface area contributed by atoms with E-state index in [-0.39, 0.29) is 23.8 Å². The molecule has 0 radical (unpaired) electrons. The molecule has 0 unspecified atom stereocenters. The molecule has 5 nitrogen and oxygen atoms in total. The molecule has 2 N–H and O–H groups in total. The van der Waals surface area contributed by atoms with Gasteiger partial charge in [-0.05, 0) is 49.1 Å². The minimum atomic E-state index is -0.283. The molecule has 142 valence electrons. The maximum atomic E-state index is 13.2. The van der Waals surface area contributed by atoms with E-state index in [1.165, 1.54) is 12.1 Å². The Morgan fingerprint density at radius 1 is 1.04 bits per heavy atom. The number of hydrogen-bond acceptors (Lipinski definition) is 2. The first-order valence-corrected chi connectivity index (χ1v) is 9.25. The Balaban J connectivity index is 1.38. The predicted octanol–water partition coefficient (Wildman–Crippen LogP) is 3.57. The van der Waals surface area contributed by atoms with E-state index < -0.39 is 0 Å². The van der Waals surface area contributed by atoms with Crippen molar-refractivity contribution >= 4 is 17.6 Å². The summed E-state index contributed by atoms with van der Waals surface area (Å²) < 4.78 is 13.2. The molecule has 1 fully saturated rings. The number of piperidine rings is 1. The van der Waals surface area contributed by atoms with E-state index in [0.717, 1.165) is 24.1 Å². The van der Waals surface area contributed by atoms with Gasteiger partial charge in [0, 0.05) is 31.2 Å². The van der Waals surface area contributed by atoms with Gasteiger partial charge in [0.25, 0.3) is 0 Å².